The van der Waals surface area contributed by atoms with E-state index in [2.05, 4.69) is 68.1 Å². The summed E-state index contributed by atoms with van der Waals surface area (Å²) in [6.07, 6.45) is 2.95. The summed E-state index contributed by atoms with van der Waals surface area (Å²) in [6.45, 7) is 8.11. The molecule has 126 valence electrons. The molecule has 1 aliphatic carbocycles. The monoisotopic (exact) mass is 330 g/mol. The Morgan fingerprint density at radius 3 is 2.60 bits per heavy atom. The van der Waals surface area contributed by atoms with Crippen LogP contribution in [-0.2, 0) is 13.5 Å². The quantitative estimate of drug-likeness (QED) is 0.478. The topological polar surface area (TPSA) is 16.8 Å². The van der Waals surface area contributed by atoms with Crippen molar-refractivity contribution < 1.29 is 5.94 Å². The van der Waals surface area contributed by atoms with E-state index in [1.165, 1.54) is 39.2 Å². The number of benzene rings is 1. The molecule has 2 nitrogen and oxygen atoms in total. The Labute approximate surface area is 151 Å². The largest absolute Gasteiger partial charge is 0.257 e. The van der Waals surface area contributed by atoms with Gasteiger partial charge in [0.05, 0.1) is 11.3 Å². The maximum atomic E-state index is 8.42. The summed E-state index contributed by atoms with van der Waals surface area (Å²) in [7, 11) is 2.08. The fourth-order valence-corrected chi connectivity index (χ4v) is 3.84. The molecule has 0 atom stereocenters. The van der Waals surface area contributed by atoms with Gasteiger partial charge < -0.3 is 0 Å². The van der Waals surface area contributed by atoms with Crippen molar-refractivity contribution in [3.05, 3.63) is 70.7 Å². The molecule has 3 aromatic rings. The first-order valence-electron chi connectivity index (χ1n) is 9.35. The molecule has 0 saturated heterocycles. The summed E-state index contributed by atoms with van der Waals surface area (Å²) in [4.78, 5) is 4.78. The number of rotatable bonds is 2. The third kappa shape index (κ3) is 2.57. The van der Waals surface area contributed by atoms with Crippen molar-refractivity contribution in [3.8, 4) is 22.4 Å². The first-order valence-corrected chi connectivity index (χ1v) is 8.85. The van der Waals surface area contributed by atoms with Crippen molar-refractivity contribution in [2.24, 2.45) is 7.05 Å². The third-order valence-electron chi connectivity index (χ3n) is 5.25. The minimum Gasteiger partial charge on any atom is -0.257 e. The van der Waals surface area contributed by atoms with E-state index < -0.39 is 5.89 Å². The van der Waals surface area contributed by atoms with E-state index in [4.69, 9.17) is 6.35 Å². The van der Waals surface area contributed by atoms with Crippen LogP contribution in [0.3, 0.4) is 0 Å². The minimum atomic E-state index is -0.615. The van der Waals surface area contributed by atoms with E-state index in [1.54, 1.807) is 0 Å². The fourth-order valence-electron chi connectivity index (χ4n) is 3.84. The van der Waals surface area contributed by atoms with Crippen LogP contribution in [0, 0.1) is 13.8 Å². The zero-order chi connectivity index (χ0) is 18.6. The normalized spacial score (nSPS) is 13.4. The summed E-state index contributed by atoms with van der Waals surface area (Å²) < 4.78 is 10.6. The second-order valence-electron chi connectivity index (χ2n) is 7.32. The Morgan fingerprint density at radius 1 is 1.08 bits per heavy atom. The standard InChI is InChI=1S/C23H25N2/c1-14(2)17-10-11-25(5)22(12-17)23-15(3)6-8-18-19-9-7-16(4)24-21(19)13-20(18)23/h6-12,14H,13H2,1-5H3/q+1/i14D. The molecule has 2 heteroatoms. The van der Waals surface area contributed by atoms with Crippen molar-refractivity contribution >= 4 is 0 Å². The molecule has 0 bridgehead atoms. The predicted molar refractivity (Wildman–Crippen MR) is 103 cm³/mol. The zero-order valence-electron chi connectivity index (χ0n) is 16.6. The Morgan fingerprint density at radius 2 is 1.84 bits per heavy atom. The van der Waals surface area contributed by atoms with Crippen molar-refractivity contribution in [3.63, 3.8) is 0 Å². The van der Waals surface area contributed by atoms with E-state index in [0.717, 1.165) is 17.7 Å². The van der Waals surface area contributed by atoms with Gasteiger partial charge in [-0.3, -0.25) is 4.98 Å². The van der Waals surface area contributed by atoms with Gasteiger partial charge in [0, 0.05) is 31.2 Å². The zero-order valence-corrected chi connectivity index (χ0v) is 15.6. The van der Waals surface area contributed by atoms with Gasteiger partial charge in [-0.15, -0.1) is 0 Å². The molecule has 0 radical (unpaired) electrons. The average molecular weight is 330 g/mol. The summed E-state index contributed by atoms with van der Waals surface area (Å²) >= 11 is 0. The highest BCUT2D eigenvalue weighted by Gasteiger charge is 2.27. The smallest absolute Gasteiger partial charge is 0.213 e. The van der Waals surface area contributed by atoms with Crippen LogP contribution in [0.25, 0.3) is 22.4 Å². The molecule has 0 N–H and O–H groups in total. The van der Waals surface area contributed by atoms with Gasteiger partial charge in [0.1, 0.15) is 7.05 Å². The second-order valence-corrected chi connectivity index (χ2v) is 7.32. The number of aryl methyl sites for hydroxylation is 3. The van der Waals surface area contributed by atoms with E-state index >= 15 is 0 Å². The average Bonchev–Trinajstić information content (AvgIpc) is 2.92. The highest BCUT2D eigenvalue weighted by molar-refractivity contribution is 5.84. The Hall–Kier alpha value is -2.48. The number of hydrogen-bond acceptors (Lipinski definition) is 1. The molecule has 0 amide bonds. The summed E-state index contributed by atoms with van der Waals surface area (Å²) in [5.41, 5.74) is 10.9. The molecule has 0 spiro atoms. The van der Waals surface area contributed by atoms with Crippen LogP contribution in [0.15, 0.2) is 42.6 Å². The van der Waals surface area contributed by atoms with E-state index in [9.17, 15) is 0 Å². The first kappa shape index (κ1) is 14.8. The van der Waals surface area contributed by atoms with Crippen molar-refractivity contribution in [1.29, 1.82) is 0 Å². The number of aromatic nitrogens is 2. The number of hydrogen-bond donors (Lipinski definition) is 0. The van der Waals surface area contributed by atoms with Crippen molar-refractivity contribution in [2.45, 2.75) is 40.0 Å². The Balaban J connectivity index is 1.96. The van der Waals surface area contributed by atoms with Crippen LogP contribution in [0.1, 0.15) is 49.2 Å². The van der Waals surface area contributed by atoms with Crippen molar-refractivity contribution in [2.75, 3.05) is 0 Å². The van der Waals surface area contributed by atoms with Crippen LogP contribution < -0.4 is 4.57 Å². The SMILES string of the molecule is [2H]C(C)(C)c1cc[n+](C)c(-c2c(C)ccc3c2Cc2nc(C)ccc2-3)c1. The molecule has 25 heavy (non-hydrogen) atoms. The lowest BCUT2D eigenvalue weighted by molar-refractivity contribution is -0.660. The van der Waals surface area contributed by atoms with Gasteiger partial charge in [0.15, 0.2) is 6.20 Å². The predicted octanol–water partition coefficient (Wildman–Crippen LogP) is 4.88. The van der Waals surface area contributed by atoms with E-state index in [-0.39, 0.29) is 0 Å². The molecule has 0 aliphatic heterocycles. The molecule has 2 aromatic heterocycles. The molecule has 0 unspecified atom stereocenters. The number of fused-ring (bicyclic) bond motifs is 3. The molecule has 1 aliphatic rings. The van der Waals surface area contributed by atoms with Crippen molar-refractivity contribution in [1.82, 2.24) is 4.98 Å². The van der Waals surface area contributed by atoms with Gasteiger partial charge in [-0.1, -0.05) is 32.0 Å². The van der Waals surface area contributed by atoms with Gasteiger partial charge in [-0.05, 0) is 48.1 Å². The van der Waals surface area contributed by atoms with Crippen LogP contribution >= 0.6 is 0 Å². The first-order chi connectivity index (χ1) is 12.3. The molecule has 2 heterocycles. The molecular weight excluding hydrogens is 304 g/mol. The molecule has 0 fully saturated rings. The lowest BCUT2D eigenvalue weighted by atomic mass is 9.92. The Bertz CT molecular complexity index is 1030. The second kappa shape index (κ2) is 5.80. The lowest BCUT2D eigenvalue weighted by Crippen LogP contribution is -2.31. The molecule has 1 aromatic carbocycles. The van der Waals surface area contributed by atoms with E-state index in [1.807, 2.05) is 13.8 Å². The summed E-state index contributed by atoms with van der Waals surface area (Å²) in [5, 5.41) is 0. The third-order valence-corrected chi connectivity index (χ3v) is 5.25. The van der Waals surface area contributed by atoms with Crippen LogP contribution in [0.4, 0.5) is 0 Å². The van der Waals surface area contributed by atoms with Crippen LogP contribution in [0.5, 0.6) is 0 Å². The highest BCUT2D eigenvalue weighted by Crippen LogP contribution is 2.42. The van der Waals surface area contributed by atoms with E-state index in [0.29, 0.717) is 0 Å². The maximum absolute atomic E-state index is 8.42. The Kier molecular flexibility index (Phi) is 3.44. The van der Waals surface area contributed by atoms with Gasteiger partial charge >= 0.3 is 0 Å². The van der Waals surface area contributed by atoms with Gasteiger partial charge in [0.25, 0.3) is 0 Å². The maximum Gasteiger partial charge on any atom is 0.213 e. The minimum absolute atomic E-state index is 0.615. The summed E-state index contributed by atoms with van der Waals surface area (Å²) in [5.74, 6) is -0.615. The number of pyridine rings is 2. The highest BCUT2D eigenvalue weighted by atomic mass is 14.9. The molecule has 0 saturated carbocycles. The van der Waals surface area contributed by atoms with Gasteiger partial charge in [0.2, 0.25) is 5.69 Å². The molecule has 4 rings (SSSR count). The lowest BCUT2D eigenvalue weighted by Gasteiger charge is -2.13. The van der Waals surface area contributed by atoms with Crippen LogP contribution in [-0.4, -0.2) is 4.98 Å². The van der Waals surface area contributed by atoms with Gasteiger partial charge in [-0.2, -0.15) is 0 Å². The fraction of sp³-hybridized carbons (Fsp3) is 0.304. The molecular formula is C23H25N2+. The summed E-state index contributed by atoms with van der Waals surface area (Å²) in [6, 6.07) is 13.0. The van der Waals surface area contributed by atoms with Gasteiger partial charge in [-0.25, -0.2) is 4.57 Å². The van der Waals surface area contributed by atoms with Crippen LogP contribution in [0.2, 0.25) is 0 Å². The number of nitrogens with zero attached hydrogens (tertiary/aromatic N) is 2.